The van der Waals surface area contributed by atoms with Crippen molar-refractivity contribution in [3.05, 3.63) is 45.1 Å². The normalized spacial score (nSPS) is 13.4. The maximum absolute atomic E-state index is 12.2. The number of hydrogen-bond acceptors (Lipinski definition) is 4. The van der Waals surface area contributed by atoms with Gasteiger partial charge in [-0.2, -0.15) is 0 Å². The Labute approximate surface area is 143 Å². The summed E-state index contributed by atoms with van der Waals surface area (Å²) in [5.41, 5.74) is -2.00. The zero-order valence-corrected chi connectivity index (χ0v) is 14.2. The van der Waals surface area contributed by atoms with Gasteiger partial charge in [0, 0.05) is 13.0 Å². The molecule has 0 aliphatic carbocycles. The lowest BCUT2D eigenvalue weighted by Gasteiger charge is -2.25. The van der Waals surface area contributed by atoms with E-state index in [-0.39, 0.29) is 13.0 Å². The van der Waals surface area contributed by atoms with E-state index in [0.29, 0.717) is 23.7 Å². The maximum Gasteiger partial charge on any atom is 0.329 e. The van der Waals surface area contributed by atoms with Crippen LogP contribution in [-0.2, 0) is 16.1 Å². The van der Waals surface area contributed by atoms with Crippen molar-refractivity contribution in [3.8, 4) is 0 Å². The molecule has 0 fully saturated rings. The van der Waals surface area contributed by atoms with E-state index < -0.39 is 28.7 Å². The van der Waals surface area contributed by atoms with E-state index in [4.69, 9.17) is 0 Å². The van der Waals surface area contributed by atoms with Crippen LogP contribution >= 0.6 is 0 Å². The average Bonchev–Trinajstić information content (AvgIpc) is 2.54. The summed E-state index contributed by atoms with van der Waals surface area (Å²) in [6.45, 7) is 3.32. The largest absolute Gasteiger partial charge is 0.480 e. The second-order valence-corrected chi connectivity index (χ2v) is 6.11. The third-order valence-corrected chi connectivity index (χ3v) is 4.10. The van der Waals surface area contributed by atoms with Crippen LogP contribution in [0.1, 0.15) is 33.1 Å². The number of benzene rings is 1. The van der Waals surface area contributed by atoms with Gasteiger partial charge in [-0.15, -0.1) is 0 Å². The van der Waals surface area contributed by atoms with Crippen molar-refractivity contribution in [1.82, 2.24) is 14.9 Å². The second-order valence-electron chi connectivity index (χ2n) is 6.11. The molecule has 0 saturated carbocycles. The van der Waals surface area contributed by atoms with Crippen LogP contribution in [0.15, 0.2) is 33.9 Å². The molecule has 2 rings (SSSR count). The van der Waals surface area contributed by atoms with Gasteiger partial charge in [-0.3, -0.25) is 19.1 Å². The van der Waals surface area contributed by atoms with Gasteiger partial charge in [-0.05, 0) is 25.5 Å². The Morgan fingerprint density at radius 2 is 1.96 bits per heavy atom. The Balaban J connectivity index is 2.21. The number of hydrogen-bond donors (Lipinski definition) is 3. The lowest BCUT2D eigenvalue weighted by Crippen LogP contribution is -2.52. The van der Waals surface area contributed by atoms with Gasteiger partial charge in [-0.1, -0.05) is 25.5 Å². The van der Waals surface area contributed by atoms with E-state index >= 15 is 0 Å². The lowest BCUT2D eigenvalue weighted by molar-refractivity contribution is -0.147. The molecule has 0 aliphatic rings. The number of nitrogens with zero attached hydrogens (tertiary/aromatic N) is 1. The van der Waals surface area contributed by atoms with Crippen LogP contribution in [0.2, 0.25) is 0 Å². The predicted molar refractivity (Wildman–Crippen MR) is 92.5 cm³/mol. The fourth-order valence-corrected chi connectivity index (χ4v) is 2.77. The van der Waals surface area contributed by atoms with Crippen molar-refractivity contribution < 1.29 is 14.7 Å². The smallest absolute Gasteiger partial charge is 0.329 e. The first-order valence-electron chi connectivity index (χ1n) is 8.05. The number of carboxylic acid groups (broad SMARTS) is 1. The third-order valence-electron chi connectivity index (χ3n) is 4.10. The highest BCUT2D eigenvalue weighted by molar-refractivity contribution is 5.86. The molecule has 1 aromatic carbocycles. The fourth-order valence-electron chi connectivity index (χ4n) is 2.77. The first-order valence-corrected chi connectivity index (χ1v) is 8.05. The summed E-state index contributed by atoms with van der Waals surface area (Å²) in [4.78, 5) is 49.6. The number of rotatable bonds is 7. The molecular formula is C17H21N3O5. The summed E-state index contributed by atoms with van der Waals surface area (Å²) in [7, 11) is 0. The zero-order chi connectivity index (χ0) is 18.6. The van der Waals surface area contributed by atoms with Crippen LogP contribution in [0, 0.1) is 0 Å². The van der Waals surface area contributed by atoms with E-state index in [1.54, 1.807) is 24.3 Å². The van der Waals surface area contributed by atoms with Gasteiger partial charge in [0.25, 0.3) is 5.56 Å². The van der Waals surface area contributed by atoms with Gasteiger partial charge in [0.15, 0.2) is 0 Å². The third kappa shape index (κ3) is 3.96. The van der Waals surface area contributed by atoms with Gasteiger partial charge in [0.2, 0.25) is 5.91 Å². The molecule has 0 saturated heterocycles. The Kier molecular flexibility index (Phi) is 5.41. The number of amides is 1. The number of carbonyl (C=O) groups excluding carboxylic acids is 1. The van der Waals surface area contributed by atoms with Gasteiger partial charge >= 0.3 is 11.7 Å². The minimum atomic E-state index is -1.34. The number of H-pyrrole nitrogens is 1. The quantitative estimate of drug-likeness (QED) is 0.685. The van der Waals surface area contributed by atoms with E-state index in [0.717, 1.165) is 0 Å². The number of aryl methyl sites for hydroxylation is 1. The Morgan fingerprint density at radius 3 is 2.60 bits per heavy atom. The van der Waals surface area contributed by atoms with Crippen LogP contribution in [0.5, 0.6) is 0 Å². The molecule has 0 radical (unpaired) electrons. The molecule has 8 heteroatoms. The van der Waals surface area contributed by atoms with E-state index in [2.05, 4.69) is 10.3 Å². The van der Waals surface area contributed by atoms with Gasteiger partial charge < -0.3 is 10.4 Å². The van der Waals surface area contributed by atoms with Gasteiger partial charge in [0.05, 0.1) is 10.9 Å². The molecule has 8 nitrogen and oxygen atoms in total. The van der Waals surface area contributed by atoms with Gasteiger partial charge in [0.1, 0.15) is 5.54 Å². The molecule has 1 heterocycles. The van der Waals surface area contributed by atoms with Crippen molar-refractivity contribution in [3.63, 3.8) is 0 Å². The molecule has 25 heavy (non-hydrogen) atoms. The Bertz CT molecular complexity index is 914. The fraction of sp³-hybridized carbons (Fsp3) is 0.412. The first-order chi connectivity index (χ1) is 11.8. The minimum Gasteiger partial charge on any atom is -0.480 e. The van der Waals surface area contributed by atoms with E-state index in [9.17, 15) is 24.3 Å². The zero-order valence-electron chi connectivity index (χ0n) is 14.2. The summed E-state index contributed by atoms with van der Waals surface area (Å²) in [6.07, 6.45) is 0.825. The van der Waals surface area contributed by atoms with Crippen LogP contribution in [0.3, 0.4) is 0 Å². The molecule has 0 spiro atoms. The second kappa shape index (κ2) is 7.33. The Morgan fingerprint density at radius 1 is 1.28 bits per heavy atom. The Hall–Kier alpha value is -2.90. The van der Waals surface area contributed by atoms with Crippen molar-refractivity contribution in [2.24, 2.45) is 0 Å². The van der Waals surface area contributed by atoms with Crippen molar-refractivity contribution in [2.45, 2.75) is 45.2 Å². The predicted octanol–water partition coefficient (Wildman–Crippen LogP) is 0.839. The van der Waals surface area contributed by atoms with Crippen LogP contribution in [0.4, 0.5) is 0 Å². The highest BCUT2D eigenvalue weighted by atomic mass is 16.4. The molecule has 3 N–H and O–H groups in total. The number of nitrogens with one attached hydrogen (secondary N) is 2. The molecule has 1 atom stereocenters. The number of aliphatic carboxylic acids is 1. The van der Waals surface area contributed by atoms with Crippen molar-refractivity contribution in [1.29, 1.82) is 0 Å². The standard InChI is InChI=1S/C17H21N3O5/c1-3-9-17(2,15(23)24)19-13(21)8-10-20-12-7-5-4-6-11(12)14(22)18-16(20)25/h4-7H,3,8-10H2,1-2H3,(H,19,21)(H,23,24)(H,18,22,25). The molecule has 0 bridgehead atoms. The maximum atomic E-state index is 12.2. The van der Waals surface area contributed by atoms with Crippen LogP contribution in [-0.4, -0.2) is 32.1 Å². The SMILES string of the molecule is CCCC(C)(NC(=O)CCn1c(=O)[nH]c(=O)c2ccccc21)C(=O)O. The number of aromatic nitrogens is 2. The number of fused-ring (bicyclic) bond motifs is 1. The summed E-state index contributed by atoms with van der Waals surface area (Å²) < 4.78 is 1.30. The van der Waals surface area contributed by atoms with Crippen LogP contribution < -0.4 is 16.6 Å². The highest BCUT2D eigenvalue weighted by Crippen LogP contribution is 2.13. The molecule has 2 aromatic rings. The van der Waals surface area contributed by atoms with Gasteiger partial charge in [-0.25, -0.2) is 9.59 Å². The molecular weight excluding hydrogens is 326 g/mol. The number of carboxylic acids is 1. The summed E-state index contributed by atoms with van der Waals surface area (Å²) in [5, 5.41) is 12.2. The summed E-state index contributed by atoms with van der Waals surface area (Å²) in [6, 6.07) is 6.60. The monoisotopic (exact) mass is 347 g/mol. The summed E-state index contributed by atoms with van der Waals surface area (Å²) >= 11 is 0. The number of para-hydroxylation sites is 1. The molecule has 0 aliphatic heterocycles. The minimum absolute atomic E-state index is 0.0315. The molecule has 134 valence electrons. The van der Waals surface area contributed by atoms with Crippen molar-refractivity contribution >= 4 is 22.8 Å². The molecule has 1 unspecified atom stereocenters. The molecule has 1 amide bonds. The molecule has 1 aromatic heterocycles. The van der Waals surface area contributed by atoms with Crippen LogP contribution in [0.25, 0.3) is 10.9 Å². The topological polar surface area (TPSA) is 121 Å². The highest BCUT2D eigenvalue weighted by Gasteiger charge is 2.33. The summed E-state index contributed by atoms with van der Waals surface area (Å²) in [5.74, 6) is -1.57. The first kappa shape index (κ1) is 18.4. The van der Waals surface area contributed by atoms with E-state index in [1.807, 2.05) is 6.92 Å². The lowest BCUT2D eigenvalue weighted by atomic mass is 9.96. The van der Waals surface area contributed by atoms with E-state index in [1.165, 1.54) is 11.5 Å². The number of aromatic amines is 1. The average molecular weight is 347 g/mol. The van der Waals surface area contributed by atoms with Crippen molar-refractivity contribution in [2.75, 3.05) is 0 Å². The number of carbonyl (C=O) groups is 2.